The summed E-state index contributed by atoms with van der Waals surface area (Å²) in [6.45, 7) is 7.07. The first-order valence-corrected chi connectivity index (χ1v) is 10.8. The fourth-order valence-corrected chi connectivity index (χ4v) is 4.45. The van der Waals surface area contributed by atoms with Crippen LogP contribution in [0.5, 0.6) is 0 Å². The number of halogens is 1. The molecule has 0 atom stereocenters. The van der Waals surface area contributed by atoms with Gasteiger partial charge in [0.05, 0.1) is 6.54 Å². The summed E-state index contributed by atoms with van der Waals surface area (Å²) in [4.78, 5) is 30.3. The van der Waals surface area contributed by atoms with Crippen LogP contribution in [0.25, 0.3) is 0 Å². The van der Waals surface area contributed by atoms with Crippen LogP contribution in [0.2, 0.25) is 0 Å². The number of nitrogens with one attached hydrogen (secondary N) is 3. The molecule has 2 amide bonds. The second-order valence-electron chi connectivity index (χ2n) is 7.69. The minimum Gasteiger partial charge on any atom is -0.336 e. The lowest BCUT2D eigenvalue weighted by Gasteiger charge is -2.30. The van der Waals surface area contributed by atoms with E-state index in [2.05, 4.69) is 23.7 Å². The topological polar surface area (TPSA) is 58.3 Å². The van der Waals surface area contributed by atoms with Crippen molar-refractivity contribution in [2.75, 3.05) is 51.6 Å². The highest BCUT2D eigenvalue weighted by Gasteiger charge is 2.27. The first kappa shape index (κ1) is 21.4. The van der Waals surface area contributed by atoms with Crippen molar-refractivity contribution in [2.45, 2.75) is 13.5 Å². The lowest BCUT2D eigenvalue weighted by molar-refractivity contribution is -1.00. The zero-order valence-corrected chi connectivity index (χ0v) is 17.8. The monoisotopic (exact) mass is 420 g/mol. The van der Waals surface area contributed by atoms with E-state index in [1.807, 2.05) is 7.05 Å². The predicted octanol–water partition coefficient (Wildman–Crippen LogP) is -0.424. The standard InChI is InChI=1S/C21H27FN4O2S/c1-16-7-12-29-19(16)13-24(2)21(28)15-26-10-8-25(9-11-26)14-20(27)23-18-5-3-17(22)4-6-18/h3-7,12H,8-11,13-15H2,1-2H3,(H,23,27)/p+2. The predicted molar refractivity (Wildman–Crippen MR) is 112 cm³/mol. The molecule has 0 unspecified atom stereocenters. The average molecular weight is 421 g/mol. The zero-order valence-electron chi connectivity index (χ0n) is 17.0. The summed E-state index contributed by atoms with van der Waals surface area (Å²) in [6.07, 6.45) is 0. The lowest BCUT2D eigenvalue weighted by atomic mass is 10.2. The van der Waals surface area contributed by atoms with Gasteiger partial charge in [-0.05, 0) is 48.2 Å². The molecule has 1 aliphatic rings. The van der Waals surface area contributed by atoms with Gasteiger partial charge in [-0.3, -0.25) is 9.59 Å². The number of benzene rings is 1. The van der Waals surface area contributed by atoms with Crippen LogP contribution in [0.4, 0.5) is 10.1 Å². The molecule has 1 saturated heterocycles. The molecule has 3 N–H and O–H groups in total. The molecule has 0 saturated carbocycles. The number of carbonyl (C=O) groups is 2. The highest BCUT2D eigenvalue weighted by Crippen LogP contribution is 2.17. The minimum atomic E-state index is -0.321. The lowest BCUT2D eigenvalue weighted by Crippen LogP contribution is -3.28. The third kappa shape index (κ3) is 6.35. The number of rotatable bonds is 7. The third-order valence-electron chi connectivity index (χ3n) is 5.38. The number of thiophene rings is 1. The molecule has 0 bridgehead atoms. The number of hydrogen-bond acceptors (Lipinski definition) is 3. The summed E-state index contributed by atoms with van der Waals surface area (Å²) in [6, 6.07) is 7.86. The van der Waals surface area contributed by atoms with Gasteiger partial charge in [-0.1, -0.05) is 0 Å². The normalized spacial score (nSPS) is 19.0. The van der Waals surface area contributed by atoms with Crippen molar-refractivity contribution in [3.63, 3.8) is 0 Å². The van der Waals surface area contributed by atoms with E-state index in [-0.39, 0.29) is 17.6 Å². The van der Waals surface area contributed by atoms with E-state index in [1.165, 1.54) is 32.4 Å². The van der Waals surface area contributed by atoms with E-state index in [9.17, 15) is 14.0 Å². The molecule has 29 heavy (non-hydrogen) atoms. The van der Waals surface area contributed by atoms with Crippen molar-refractivity contribution >= 4 is 28.8 Å². The number of piperazine rings is 1. The quantitative estimate of drug-likeness (QED) is 0.570. The molecule has 1 aromatic carbocycles. The Morgan fingerprint density at radius 1 is 1.07 bits per heavy atom. The Balaban J connectivity index is 1.38. The summed E-state index contributed by atoms with van der Waals surface area (Å²) < 4.78 is 12.9. The molecule has 3 rings (SSSR count). The van der Waals surface area contributed by atoms with Gasteiger partial charge in [-0.25, -0.2) is 4.39 Å². The van der Waals surface area contributed by atoms with Crippen LogP contribution in [0.1, 0.15) is 10.4 Å². The molecule has 1 aromatic heterocycles. The molecule has 156 valence electrons. The summed E-state index contributed by atoms with van der Waals surface area (Å²) in [5.41, 5.74) is 1.84. The Bertz CT molecular complexity index is 831. The maximum absolute atomic E-state index is 12.9. The van der Waals surface area contributed by atoms with E-state index in [1.54, 1.807) is 28.4 Å². The van der Waals surface area contributed by atoms with Gasteiger partial charge in [0.1, 0.15) is 32.0 Å². The van der Waals surface area contributed by atoms with E-state index in [4.69, 9.17) is 0 Å². The number of anilines is 1. The van der Waals surface area contributed by atoms with Crippen LogP contribution in [-0.2, 0) is 16.1 Å². The first-order valence-electron chi connectivity index (χ1n) is 9.90. The van der Waals surface area contributed by atoms with E-state index in [0.717, 1.165) is 26.2 Å². The Morgan fingerprint density at radius 2 is 1.69 bits per heavy atom. The van der Waals surface area contributed by atoms with Crippen molar-refractivity contribution in [3.05, 3.63) is 52.0 Å². The third-order valence-corrected chi connectivity index (χ3v) is 6.39. The van der Waals surface area contributed by atoms with Crippen molar-refractivity contribution in [1.29, 1.82) is 0 Å². The molecule has 0 radical (unpaired) electrons. The summed E-state index contributed by atoms with van der Waals surface area (Å²) in [7, 11) is 1.86. The largest absolute Gasteiger partial charge is 0.336 e. The number of carbonyl (C=O) groups excluding carboxylic acids is 2. The fourth-order valence-electron chi connectivity index (χ4n) is 3.49. The van der Waals surface area contributed by atoms with Crippen LogP contribution in [0, 0.1) is 12.7 Å². The number of likely N-dealkylation sites (N-methyl/N-ethyl adjacent to an activating group) is 1. The average Bonchev–Trinajstić information content (AvgIpc) is 3.09. The second-order valence-corrected chi connectivity index (χ2v) is 8.69. The van der Waals surface area contributed by atoms with Crippen LogP contribution in [0.15, 0.2) is 35.7 Å². The molecular formula is C21H29FN4O2S+2. The Morgan fingerprint density at radius 3 is 2.28 bits per heavy atom. The van der Waals surface area contributed by atoms with Crippen LogP contribution >= 0.6 is 11.3 Å². The first-order chi connectivity index (χ1) is 13.9. The molecule has 2 aromatic rings. The Hall–Kier alpha value is -2.29. The molecule has 1 fully saturated rings. The SMILES string of the molecule is Cc1ccsc1CN(C)C(=O)C[NH+]1CC[NH+](CC(=O)Nc2ccc(F)cc2)CC1. The van der Waals surface area contributed by atoms with Gasteiger partial charge in [0.25, 0.3) is 11.8 Å². The van der Waals surface area contributed by atoms with Gasteiger partial charge in [0, 0.05) is 17.6 Å². The van der Waals surface area contributed by atoms with Gasteiger partial charge in [0.15, 0.2) is 13.1 Å². The number of aryl methyl sites for hydroxylation is 1. The smallest absolute Gasteiger partial charge is 0.279 e. The van der Waals surface area contributed by atoms with Gasteiger partial charge in [-0.15, -0.1) is 11.3 Å². The molecule has 1 aliphatic heterocycles. The van der Waals surface area contributed by atoms with Crippen LogP contribution in [-0.4, -0.2) is 63.0 Å². The molecule has 0 aliphatic carbocycles. The minimum absolute atomic E-state index is 0.0721. The van der Waals surface area contributed by atoms with E-state index in [0.29, 0.717) is 25.3 Å². The van der Waals surface area contributed by atoms with Gasteiger partial charge in [-0.2, -0.15) is 0 Å². The van der Waals surface area contributed by atoms with Gasteiger partial charge in [0.2, 0.25) is 0 Å². The summed E-state index contributed by atoms with van der Waals surface area (Å²) in [5.74, 6) is -0.235. The summed E-state index contributed by atoms with van der Waals surface area (Å²) in [5, 5.41) is 4.87. The maximum atomic E-state index is 12.9. The van der Waals surface area contributed by atoms with E-state index < -0.39 is 0 Å². The number of hydrogen-bond donors (Lipinski definition) is 3. The number of amides is 2. The van der Waals surface area contributed by atoms with Crippen LogP contribution < -0.4 is 15.1 Å². The second kappa shape index (κ2) is 9.96. The highest BCUT2D eigenvalue weighted by molar-refractivity contribution is 7.10. The molecular weight excluding hydrogens is 391 g/mol. The van der Waals surface area contributed by atoms with Crippen molar-refractivity contribution in [2.24, 2.45) is 0 Å². The van der Waals surface area contributed by atoms with Gasteiger partial charge < -0.3 is 20.0 Å². The number of quaternary nitrogens is 2. The zero-order chi connectivity index (χ0) is 20.8. The molecule has 0 spiro atoms. The van der Waals surface area contributed by atoms with Crippen molar-refractivity contribution < 1.29 is 23.8 Å². The Labute approximate surface area is 174 Å². The van der Waals surface area contributed by atoms with Crippen LogP contribution in [0.3, 0.4) is 0 Å². The van der Waals surface area contributed by atoms with E-state index >= 15 is 0 Å². The number of nitrogens with zero attached hydrogens (tertiary/aromatic N) is 1. The molecule has 6 nitrogen and oxygen atoms in total. The van der Waals surface area contributed by atoms with Crippen molar-refractivity contribution in [1.82, 2.24) is 4.90 Å². The Kier molecular flexibility index (Phi) is 7.35. The maximum Gasteiger partial charge on any atom is 0.279 e. The molecule has 8 heteroatoms. The molecule has 2 heterocycles. The van der Waals surface area contributed by atoms with Gasteiger partial charge >= 0.3 is 0 Å². The summed E-state index contributed by atoms with van der Waals surface area (Å²) >= 11 is 1.69. The highest BCUT2D eigenvalue weighted by atomic mass is 32.1. The fraction of sp³-hybridized carbons (Fsp3) is 0.429. The van der Waals surface area contributed by atoms with Crippen molar-refractivity contribution in [3.8, 4) is 0 Å².